The number of hydrogen-bond donors (Lipinski definition) is 1. The quantitative estimate of drug-likeness (QED) is 0.412. The van der Waals surface area contributed by atoms with Gasteiger partial charge in [-0.3, -0.25) is 4.79 Å². The fraction of sp³-hybridized carbons (Fsp3) is 0.0417. The molecule has 0 aliphatic heterocycles. The molecule has 1 heterocycles. The van der Waals surface area contributed by atoms with Crippen LogP contribution in [0.1, 0.15) is 15.2 Å². The van der Waals surface area contributed by atoms with Crippen molar-refractivity contribution in [3.8, 4) is 21.9 Å². The van der Waals surface area contributed by atoms with Crippen molar-refractivity contribution in [2.75, 3.05) is 0 Å². The highest BCUT2D eigenvalue weighted by Gasteiger charge is 2.10. The molecule has 0 saturated heterocycles. The first-order valence-corrected chi connectivity index (χ1v) is 9.95. The Morgan fingerprint density at radius 3 is 2.38 bits per heavy atom. The van der Waals surface area contributed by atoms with Gasteiger partial charge < -0.3 is 10.1 Å². The zero-order valence-electron chi connectivity index (χ0n) is 15.5. The smallest absolute Gasteiger partial charge is 0.261 e. The minimum absolute atomic E-state index is 0.172. The van der Waals surface area contributed by atoms with Crippen LogP contribution in [0.4, 0.5) is 4.39 Å². The van der Waals surface area contributed by atoms with Gasteiger partial charge in [-0.05, 0) is 71.8 Å². The van der Waals surface area contributed by atoms with E-state index in [2.05, 4.69) is 5.32 Å². The van der Waals surface area contributed by atoms with Gasteiger partial charge in [0.15, 0.2) is 0 Å². The lowest BCUT2D eigenvalue weighted by Crippen LogP contribution is -2.21. The van der Waals surface area contributed by atoms with Crippen LogP contribution in [-0.2, 0) is 6.54 Å². The third-order valence-electron chi connectivity index (χ3n) is 4.29. The molecule has 0 spiro atoms. The number of nitrogens with one attached hydrogen (secondary N) is 1. The second-order valence-corrected chi connectivity index (χ2v) is 7.50. The van der Waals surface area contributed by atoms with Gasteiger partial charge in [-0.15, -0.1) is 11.3 Å². The molecular weight excluding hydrogens is 385 g/mol. The number of benzene rings is 3. The van der Waals surface area contributed by atoms with E-state index < -0.39 is 0 Å². The van der Waals surface area contributed by atoms with Gasteiger partial charge in [0.05, 0.1) is 4.88 Å². The van der Waals surface area contributed by atoms with Crippen molar-refractivity contribution in [1.82, 2.24) is 5.32 Å². The summed E-state index contributed by atoms with van der Waals surface area (Å²) in [5.41, 5.74) is 1.74. The maximum absolute atomic E-state index is 13.2. The van der Waals surface area contributed by atoms with Crippen molar-refractivity contribution in [3.63, 3.8) is 0 Å². The summed E-state index contributed by atoms with van der Waals surface area (Å²) < 4.78 is 19.0. The summed E-state index contributed by atoms with van der Waals surface area (Å²) in [6.45, 7) is 0.287. The van der Waals surface area contributed by atoms with Crippen LogP contribution in [-0.4, -0.2) is 5.91 Å². The summed E-state index contributed by atoms with van der Waals surface area (Å²) in [6.07, 6.45) is 0. The molecule has 0 radical (unpaired) electrons. The Morgan fingerprint density at radius 2 is 1.62 bits per heavy atom. The number of carbonyl (C=O) groups excluding carboxylic acids is 1. The van der Waals surface area contributed by atoms with E-state index in [9.17, 15) is 9.18 Å². The molecule has 0 saturated carbocycles. The molecule has 0 fully saturated rings. The number of amides is 1. The van der Waals surface area contributed by atoms with Gasteiger partial charge in [-0.25, -0.2) is 4.39 Å². The molecule has 0 atom stereocenters. The molecule has 4 aromatic rings. The standard InChI is InChI=1S/C24H18FNO2S/c25-19-6-4-5-17(15-19)16-26-24(27)23-14-13-22(29-23)18-9-11-21(12-10-18)28-20-7-2-1-3-8-20/h1-15H,16H2,(H,26,27). The molecule has 4 rings (SSSR count). The first kappa shape index (κ1) is 18.9. The van der Waals surface area contributed by atoms with Gasteiger partial charge in [0.1, 0.15) is 17.3 Å². The van der Waals surface area contributed by atoms with E-state index >= 15 is 0 Å². The summed E-state index contributed by atoms with van der Waals surface area (Å²) in [4.78, 5) is 14.0. The molecule has 0 aliphatic carbocycles. The van der Waals surface area contributed by atoms with Crippen molar-refractivity contribution in [2.45, 2.75) is 6.54 Å². The molecule has 144 valence electrons. The Bertz CT molecular complexity index is 1110. The van der Waals surface area contributed by atoms with Crippen molar-refractivity contribution >= 4 is 17.2 Å². The van der Waals surface area contributed by atoms with E-state index in [1.807, 2.05) is 60.7 Å². The average molecular weight is 403 g/mol. The molecule has 1 N–H and O–H groups in total. The molecule has 0 aliphatic rings. The van der Waals surface area contributed by atoms with Crippen LogP contribution in [0.15, 0.2) is 91.0 Å². The van der Waals surface area contributed by atoms with Crippen LogP contribution >= 0.6 is 11.3 Å². The second kappa shape index (κ2) is 8.71. The van der Waals surface area contributed by atoms with Gasteiger partial charge in [0.25, 0.3) is 5.91 Å². The number of rotatable bonds is 6. The van der Waals surface area contributed by atoms with Crippen LogP contribution in [0.25, 0.3) is 10.4 Å². The third-order valence-corrected chi connectivity index (χ3v) is 5.42. The monoisotopic (exact) mass is 403 g/mol. The number of thiophene rings is 1. The molecule has 3 nitrogen and oxygen atoms in total. The van der Waals surface area contributed by atoms with E-state index in [0.717, 1.165) is 27.5 Å². The van der Waals surface area contributed by atoms with Gasteiger partial charge in [0.2, 0.25) is 0 Å². The predicted molar refractivity (Wildman–Crippen MR) is 114 cm³/mol. The number of para-hydroxylation sites is 1. The highest BCUT2D eigenvalue weighted by Crippen LogP contribution is 2.30. The van der Waals surface area contributed by atoms with E-state index in [1.54, 1.807) is 18.2 Å². The van der Waals surface area contributed by atoms with Crippen molar-refractivity contribution < 1.29 is 13.9 Å². The minimum Gasteiger partial charge on any atom is -0.457 e. The summed E-state index contributed by atoms with van der Waals surface area (Å²) in [5.74, 6) is 1.06. The Labute approximate surface area is 172 Å². The first-order chi connectivity index (χ1) is 14.2. The Morgan fingerprint density at radius 1 is 0.862 bits per heavy atom. The predicted octanol–water partition coefficient (Wildman–Crippen LogP) is 6.28. The van der Waals surface area contributed by atoms with Gasteiger partial charge in [-0.1, -0.05) is 30.3 Å². The molecular formula is C24H18FNO2S. The topological polar surface area (TPSA) is 38.3 Å². The number of carbonyl (C=O) groups is 1. The highest BCUT2D eigenvalue weighted by atomic mass is 32.1. The van der Waals surface area contributed by atoms with E-state index in [0.29, 0.717) is 4.88 Å². The largest absolute Gasteiger partial charge is 0.457 e. The summed E-state index contributed by atoms with van der Waals surface area (Å²) in [5, 5.41) is 2.83. The lowest BCUT2D eigenvalue weighted by molar-refractivity contribution is 0.0955. The van der Waals surface area contributed by atoms with E-state index in [4.69, 9.17) is 4.74 Å². The van der Waals surface area contributed by atoms with Gasteiger partial charge in [0, 0.05) is 11.4 Å². The summed E-state index contributed by atoms with van der Waals surface area (Å²) in [6, 6.07) is 27.3. The minimum atomic E-state index is -0.310. The number of ether oxygens (including phenoxy) is 1. The second-order valence-electron chi connectivity index (χ2n) is 6.42. The van der Waals surface area contributed by atoms with E-state index in [-0.39, 0.29) is 18.3 Å². The summed E-state index contributed by atoms with van der Waals surface area (Å²) >= 11 is 1.42. The fourth-order valence-electron chi connectivity index (χ4n) is 2.84. The highest BCUT2D eigenvalue weighted by molar-refractivity contribution is 7.17. The summed E-state index contributed by atoms with van der Waals surface area (Å²) in [7, 11) is 0. The Kier molecular flexibility index (Phi) is 5.68. The molecule has 3 aromatic carbocycles. The van der Waals surface area contributed by atoms with Crippen LogP contribution in [0, 0.1) is 5.82 Å². The molecule has 1 amide bonds. The first-order valence-electron chi connectivity index (χ1n) is 9.13. The zero-order chi connectivity index (χ0) is 20.1. The lowest BCUT2D eigenvalue weighted by Gasteiger charge is -2.06. The normalized spacial score (nSPS) is 10.5. The maximum atomic E-state index is 13.2. The molecule has 0 bridgehead atoms. The van der Waals surface area contributed by atoms with Gasteiger partial charge in [-0.2, -0.15) is 0 Å². The van der Waals surface area contributed by atoms with Crippen molar-refractivity contribution in [2.24, 2.45) is 0 Å². The Balaban J connectivity index is 1.39. The lowest BCUT2D eigenvalue weighted by atomic mass is 10.2. The number of halogens is 1. The van der Waals surface area contributed by atoms with Gasteiger partial charge >= 0.3 is 0 Å². The SMILES string of the molecule is O=C(NCc1cccc(F)c1)c1ccc(-c2ccc(Oc3ccccc3)cc2)s1. The van der Waals surface area contributed by atoms with Crippen LogP contribution < -0.4 is 10.1 Å². The molecule has 29 heavy (non-hydrogen) atoms. The maximum Gasteiger partial charge on any atom is 0.261 e. The number of hydrogen-bond acceptors (Lipinski definition) is 3. The fourth-order valence-corrected chi connectivity index (χ4v) is 3.77. The van der Waals surface area contributed by atoms with E-state index in [1.165, 1.54) is 23.5 Å². The average Bonchev–Trinajstić information content (AvgIpc) is 3.24. The molecule has 1 aromatic heterocycles. The van der Waals surface area contributed by atoms with Crippen LogP contribution in [0.3, 0.4) is 0 Å². The Hall–Kier alpha value is -3.44. The molecule has 0 unspecified atom stereocenters. The van der Waals surface area contributed by atoms with Crippen LogP contribution in [0.2, 0.25) is 0 Å². The van der Waals surface area contributed by atoms with Crippen molar-refractivity contribution in [3.05, 3.63) is 107 Å². The van der Waals surface area contributed by atoms with Crippen molar-refractivity contribution in [1.29, 1.82) is 0 Å². The third kappa shape index (κ3) is 4.89. The van der Waals surface area contributed by atoms with Crippen LogP contribution in [0.5, 0.6) is 11.5 Å². The molecule has 5 heteroatoms. The zero-order valence-corrected chi connectivity index (χ0v) is 16.3.